The Hall–Kier alpha value is -2.77. The Morgan fingerprint density at radius 3 is 2.75 bits per heavy atom. The molecule has 1 N–H and O–H groups in total. The van der Waals surface area contributed by atoms with Gasteiger partial charge >= 0.3 is 0 Å². The van der Waals surface area contributed by atoms with Crippen molar-refractivity contribution in [2.24, 2.45) is 13.0 Å². The van der Waals surface area contributed by atoms with E-state index in [1.165, 1.54) is 12.3 Å². The zero-order valence-corrected chi connectivity index (χ0v) is 13.7. The highest BCUT2D eigenvalue weighted by Crippen LogP contribution is 2.38. The first-order chi connectivity index (χ1) is 11.4. The van der Waals surface area contributed by atoms with Crippen LogP contribution < -0.4 is 5.32 Å². The number of carbonyl (C=O) groups excluding carboxylic acids is 2. The molecule has 126 valence electrons. The van der Waals surface area contributed by atoms with Gasteiger partial charge < -0.3 is 10.2 Å². The van der Waals surface area contributed by atoms with Gasteiger partial charge in [0.1, 0.15) is 0 Å². The maximum Gasteiger partial charge on any atom is 0.230 e. The van der Waals surface area contributed by atoms with Gasteiger partial charge in [-0.25, -0.2) is 4.39 Å². The number of aromatic nitrogens is 3. The Morgan fingerprint density at radius 1 is 1.38 bits per heavy atom. The molecule has 8 heteroatoms. The molecule has 2 aromatic heterocycles. The summed E-state index contributed by atoms with van der Waals surface area (Å²) in [7, 11) is 3.47. The summed E-state index contributed by atoms with van der Waals surface area (Å²) in [4.78, 5) is 30.0. The van der Waals surface area contributed by atoms with E-state index in [1.54, 1.807) is 29.9 Å². The lowest BCUT2D eigenvalue weighted by atomic mass is 9.93. The van der Waals surface area contributed by atoms with Gasteiger partial charge in [0.05, 0.1) is 30.0 Å². The van der Waals surface area contributed by atoms with E-state index in [4.69, 9.17) is 0 Å². The lowest BCUT2D eigenvalue weighted by molar-refractivity contribution is -0.127. The molecule has 0 bridgehead atoms. The van der Waals surface area contributed by atoms with Gasteiger partial charge in [0.25, 0.3) is 0 Å². The Bertz CT molecular complexity index is 804. The van der Waals surface area contributed by atoms with Crippen LogP contribution in [0.15, 0.2) is 24.7 Å². The SMILES string of the molecule is Cc1c([C@@H]2[C@@H](C(=O)Nc3ccncc3F)CC(=O)N2C)cnn1C. The highest BCUT2D eigenvalue weighted by atomic mass is 19.1. The first kappa shape index (κ1) is 16.1. The fourth-order valence-electron chi connectivity index (χ4n) is 3.04. The first-order valence-corrected chi connectivity index (χ1v) is 7.54. The lowest BCUT2D eigenvalue weighted by Crippen LogP contribution is -2.30. The van der Waals surface area contributed by atoms with E-state index in [-0.39, 0.29) is 18.0 Å². The van der Waals surface area contributed by atoms with Gasteiger partial charge in [-0.15, -0.1) is 0 Å². The van der Waals surface area contributed by atoms with Crippen molar-refractivity contribution in [3.63, 3.8) is 0 Å². The minimum absolute atomic E-state index is 0.0543. The van der Waals surface area contributed by atoms with Crippen LogP contribution in [0, 0.1) is 18.7 Å². The number of anilines is 1. The Morgan fingerprint density at radius 2 is 2.12 bits per heavy atom. The van der Waals surface area contributed by atoms with Crippen LogP contribution in [0.2, 0.25) is 0 Å². The predicted molar refractivity (Wildman–Crippen MR) is 84.4 cm³/mol. The van der Waals surface area contributed by atoms with Gasteiger partial charge in [-0.2, -0.15) is 5.10 Å². The highest BCUT2D eigenvalue weighted by Gasteiger charge is 2.44. The van der Waals surface area contributed by atoms with Crippen LogP contribution >= 0.6 is 0 Å². The van der Waals surface area contributed by atoms with Crippen LogP contribution in [0.1, 0.15) is 23.7 Å². The average Bonchev–Trinajstić information content (AvgIpc) is 3.03. The van der Waals surface area contributed by atoms with E-state index in [1.807, 2.05) is 6.92 Å². The lowest BCUT2D eigenvalue weighted by Gasteiger charge is -2.24. The highest BCUT2D eigenvalue weighted by molar-refractivity contribution is 5.98. The van der Waals surface area contributed by atoms with Crippen LogP contribution in [-0.2, 0) is 16.6 Å². The predicted octanol–water partition coefficient (Wildman–Crippen LogP) is 1.42. The van der Waals surface area contributed by atoms with E-state index < -0.39 is 23.7 Å². The van der Waals surface area contributed by atoms with Gasteiger partial charge in [0, 0.05) is 38.0 Å². The molecule has 24 heavy (non-hydrogen) atoms. The first-order valence-electron chi connectivity index (χ1n) is 7.54. The molecule has 0 saturated carbocycles. The molecule has 2 aromatic rings. The largest absolute Gasteiger partial charge is 0.338 e. The molecule has 0 aliphatic carbocycles. The molecule has 7 nitrogen and oxygen atoms in total. The van der Waals surface area contributed by atoms with Crippen molar-refractivity contribution in [1.29, 1.82) is 0 Å². The Labute approximate surface area is 138 Å². The maximum atomic E-state index is 13.7. The van der Waals surface area contributed by atoms with Gasteiger partial charge in [0.15, 0.2) is 5.82 Å². The second kappa shape index (κ2) is 6.03. The van der Waals surface area contributed by atoms with Crippen LogP contribution in [0.25, 0.3) is 0 Å². The molecule has 1 aliphatic heterocycles. The fourth-order valence-corrected chi connectivity index (χ4v) is 3.04. The second-order valence-electron chi connectivity index (χ2n) is 5.91. The molecule has 0 radical (unpaired) electrons. The number of carbonyl (C=O) groups is 2. The third-order valence-electron chi connectivity index (χ3n) is 4.55. The Kier molecular flexibility index (Phi) is 4.04. The monoisotopic (exact) mass is 331 g/mol. The number of aryl methyl sites for hydroxylation is 1. The maximum absolute atomic E-state index is 13.7. The topological polar surface area (TPSA) is 80.1 Å². The third kappa shape index (κ3) is 2.64. The molecule has 3 rings (SSSR count). The summed E-state index contributed by atoms with van der Waals surface area (Å²) in [5.74, 6) is -1.75. The molecule has 0 spiro atoms. The molecule has 2 amide bonds. The smallest absolute Gasteiger partial charge is 0.230 e. The number of hydrogen-bond donors (Lipinski definition) is 1. The van der Waals surface area contributed by atoms with Crippen LogP contribution in [0.5, 0.6) is 0 Å². The summed E-state index contributed by atoms with van der Waals surface area (Å²) in [6.45, 7) is 1.89. The number of amides is 2. The van der Waals surface area contributed by atoms with Crippen molar-refractivity contribution < 1.29 is 14.0 Å². The molecule has 0 unspecified atom stereocenters. The molecule has 1 fully saturated rings. The van der Waals surface area contributed by atoms with Gasteiger partial charge in [-0.05, 0) is 13.0 Å². The number of hydrogen-bond acceptors (Lipinski definition) is 4. The number of nitrogens with one attached hydrogen (secondary N) is 1. The number of halogens is 1. The van der Waals surface area contributed by atoms with Crippen molar-refractivity contribution in [1.82, 2.24) is 19.7 Å². The molecule has 1 saturated heterocycles. The normalized spacial score (nSPS) is 20.5. The summed E-state index contributed by atoms with van der Waals surface area (Å²) in [5, 5.41) is 6.75. The van der Waals surface area contributed by atoms with Crippen LogP contribution in [-0.4, -0.2) is 38.5 Å². The summed E-state index contributed by atoms with van der Waals surface area (Å²) in [6, 6.07) is 0.967. The van der Waals surface area contributed by atoms with E-state index in [2.05, 4.69) is 15.4 Å². The van der Waals surface area contributed by atoms with E-state index in [0.717, 1.165) is 17.5 Å². The number of rotatable bonds is 3. The quantitative estimate of drug-likeness (QED) is 0.922. The fraction of sp³-hybridized carbons (Fsp3) is 0.375. The van der Waals surface area contributed by atoms with Crippen molar-refractivity contribution in [3.8, 4) is 0 Å². The molecule has 3 heterocycles. The molecule has 0 aromatic carbocycles. The Balaban J connectivity index is 1.90. The van der Waals surface area contributed by atoms with E-state index in [9.17, 15) is 14.0 Å². The van der Waals surface area contributed by atoms with Crippen molar-refractivity contribution >= 4 is 17.5 Å². The van der Waals surface area contributed by atoms with Gasteiger partial charge in [-0.1, -0.05) is 0 Å². The summed E-state index contributed by atoms with van der Waals surface area (Å²) >= 11 is 0. The molecular weight excluding hydrogens is 313 g/mol. The zero-order valence-electron chi connectivity index (χ0n) is 13.7. The third-order valence-corrected chi connectivity index (χ3v) is 4.55. The van der Waals surface area contributed by atoms with Crippen molar-refractivity contribution in [3.05, 3.63) is 41.7 Å². The number of nitrogens with zero attached hydrogens (tertiary/aromatic N) is 4. The molecule has 2 atom stereocenters. The average molecular weight is 331 g/mol. The van der Waals surface area contributed by atoms with Gasteiger partial charge in [-0.3, -0.25) is 19.3 Å². The minimum atomic E-state index is -0.613. The van der Waals surface area contributed by atoms with E-state index in [0.29, 0.717) is 0 Å². The summed E-state index contributed by atoms with van der Waals surface area (Å²) < 4.78 is 15.4. The van der Waals surface area contributed by atoms with Crippen LogP contribution in [0.4, 0.5) is 10.1 Å². The van der Waals surface area contributed by atoms with E-state index >= 15 is 0 Å². The number of pyridine rings is 1. The standard InChI is InChI=1S/C16H18FN5O2/c1-9-11(7-19-22(9)3)15-10(6-14(23)21(15)2)16(24)20-13-4-5-18-8-12(13)17/h4-5,7-8,10,15H,6H2,1-3H3,(H,18,20,24)/t10-,15-/m0/s1. The molecule has 1 aliphatic rings. The number of likely N-dealkylation sites (tertiary alicyclic amines) is 1. The minimum Gasteiger partial charge on any atom is -0.338 e. The van der Waals surface area contributed by atoms with Crippen molar-refractivity contribution in [2.45, 2.75) is 19.4 Å². The van der Waals surface area contributed by atoms with Gasteiger partial charge in [0.2, 0.25) is 11.8 Å². The van der Waals surface area contributed by atoms with Crippen LogP contribution in [0.3, 0.4) is 0 Å². The molecular formula is C16H18FN5O2. The second-order valence-corrected chi connectivity index (χ2v) is 5.91. The summed E-state index contributed by atoms with van der Waals surface area (Å²) in [5.41, 5.74) is 1.76. The van der Waals surface area contributed by atoms with Crippen molar-refractivity contribution in [2.75, 3.05) is 12.4 Å². The summed E-state index contributed by atoms with van der Waals surface area (Å²) in [6.07, 6.45) is 4.17. The zero-order chi connectivity index (χ0) is 17.4.